The predicted octanol–water partition coefficient (Wildman–Crippen LogP) is 3.29. The third-order valence-corrected chi connectivity index (χ3v) is 4.49. The molecule has 0 spiro atoms. The van der Waals surface area contributed by atoms with Gasteiger partial charge in [0, 0.05) is 13.0 Å². The van der Waals surface area contributed by atoms with E-state index in [1.54, 1.807) is 0 Å². The van der Waals surface area contributed by atoms with Gasteiger partial charge in [-0.1, -0.05) is 36.8 Å². The second-order valence-electron chi connectivity index (χ2n) is 6.27. The van der Waals surface area contributed by atoms with Gasteiger partial charge in [0.15, 0.2) is 0 Å². The van der Waals surface area contributed by atoms with E-state index >= 15 is 0 Å². The summed E-state index contributed by atoms with van der Waals surface area (Å²) in [5.74, 6) is 0.845. The largest absolute Gasteiger partial charge is 0.335 e. The van der Waals surface area contributed by atoms with Gasteiger partial charge in [-0.25, -0.2) is 0 Å². The molecule has 0 aliphatic carbocycles. The average molecular weight is 288 g/mol. The van der Waals surface area contributed by atoms with Crippen LogP contribution in [0.4, 0.5) is 0 Å². The lowest BCUT2D eigenvalue weighted by molar-refractivity contribution is -0.136. The highest BCUT2D eigenvalue weighted by Crippen LogP contribution is 2.36. The highest BCUT2D eigenvalue weighted by Gasteiger charge is 2.32. The molecule has 1 aliphatic rings. The van der Waals surface area contributed by atoms with Crippen LogP contribution in [0.1, 0.15) is 49.8 Å². The summed E-state index contributed by atoms with van der Waals surface area (Å²) < 4.78 is 0. The van der Waals surface area contributed by atoms with Gasteiger partial charge in [-0.05, 0) is 51.3 Å². The first-order valence-corrected chi connectivity index (χ1v) is 8.14. The number of hydrogen-bond donors (Lipinski definition) is 1. The van der Waals surface area contributed by atoms with E-state index in [0.717, 1.165) is 25.9 Å². The van der Waals surface area contributed by atoms with Crippen LogP contribution in [0.5, 0.6) is 0 Å². The molecule has 1 amide bonds. The van der Waals surface area contributed by atoms with Crippen molar-refractivity contribution in [3.05, 3.63) is 35.4 Å². The number of amides is 1. The van der Waals surface area contributed by atoms with Gasteiger partial charge in [0.2, 0.25) is 5.91 Å². The van der Waals surface area contributed by atoms with Crippen LogP contribution in [0.2, 0.25) is 0 Å². The molecule has 0 saturated carbocycles. The van der Waals surface area contributed by atoms with E-state index in [-0.39, 0.29) is 6.04 Å². The molecule has 1 fully saturated rings. The smallest absolute Gasteiger partial charge is 0.223 e. The van der Waals surface area contributed by atoms with E-state index in [0.29, 0.717) is 18.2 Å². The van der Waals surface area contributed by atoms with Gasteiger partial charge in [-0.3, -0.25) is 4.79 Å². The van der Waals surface area contributed by atoms with Gasteiger partial charge < -0.3 is 10.2 Å². The maximum Gasteiger partial charge on any atom is 0.223 e. The number of rotatable bonds is 5. The molecule has 1 N–H and O–H groups in total. The maximum absolute atomic E-state index is 12.6. The Hall–Kier alpha value is -1.35. The molecular weight excluding hydrogens is 260 g/mol. The van der Waals surface area contributed by atoms with Crippen LogP contribution in [0, 0.1) is 12.8 Å². The summed E-state index contributed by atoms with van der Waals surface area (Å²) in [6.07, 6.45) is 3.90. The number of nitrogens with one attached hydrogen (secondary N) is 1. The Morgan fingerprint density at radius 2 is 2.05 bits per heavy atom. The van der Waals surface area contributed by atoms with E-state index < -0.39 is 0 Å². The molecule has 116 valence electrons. The summed E-state index contributed by atoms with van der Waals surface area (Å²) in [4.78, 5) is 14.7. The van der Waals surface area contributed by atoms with Crippen LogP contribution in [0.25, 0.3) is 0 Å². The van der Waals surface area contributed by atoms with E-state index in [9.17, 15) is 4.79 Å². The zero-order valence-corrected chi connectivity index (χ0v) is 13.6. The van der Waals surface area contributed by atoms with E-state index in [1.165, 1.54) is 17.5 Å². The molecule has 2 unspecified atom stereocenters. The maximum atomic E-state index is 12.6. The number of hydrogen-bond acceptors (Lipinski definition) is 2. The Morgan fingerprint density at radius 1 is 1.33 bits per heavy atom. The van der Waals surface area contributed by atoms with Gasteiger partial charge in [-0.2, -0.15) is 0 Å². The lowest BCUT2D eigenvalue weighted by Gasteiger charge is -2.40. The number of carbonyl (C=O) groups excluding carboxylic acids is 1. The van der Waals surface area contributed by atoms with Crippen molar-refractivity contribution >= 4 is 5.91 Å². The Bertz CT molecular complexity index is 455. The van der Waals surface area contributed by atoms with Gasteiger partial charge in [0.25, 0.3) is 0 Å². The Kier molecular flexibility index (Phi) is 5.80. The topological polar surface area (TPSA) is 32.3 Å². The lowest BCUT2D eigenvalue weighted by atomic mass is 9.85. The highest BCUT2D eigenvalue weighted by atomic mass is 16.2. The second-order valence-corrected chi connectivity index (χ2v) is 6.27. The molecule has 1 aliphatic heterocycles. The zero-order chi connectivity index (χ0) is 15.2. The fourth-order valence-corrected chi connectivity index (χ4v) is 3.30. The summed E-state index contributed by atoms with van der Waals surface area (Å²) >= 11 is 0. The van der Waals surface area contributed by atoms with E-state index in [2.05, 4.69) is 48.3 Å². The highest BCUT2D eigenvalue weighted by molar-refractivity contribution is 5.77. The lowest BCUT2D eigenvalue weighted by Crippen LogP contribution is -2.42. The van der Waals surface area contributed by atoms with Crippen LogP contribution < -0.4 is 5.32 Å². The molecule has 3 nitrogen and oxygen atoms in total. The van der Waals surface area contributed by atoms with Gasteiger partial charge in [0.05, 0.1) is 6.04 Å². The summed E-state index contributed by atoms with van der Waals surface area (Å²) in [6.45, 7) is 6.19. The first-order chi connectivity index (χ1) is 10.1. The van der Waals surface area contributed by atoms with E-state index in [4.69, 9.17) is 0 Å². The molecule has 1 heterocycles. The fourth-order valence-electron chi connectivity index (χ4n) is 3.30. The van der Waals surface area contributed by atoms with Gasteiger partial charge in [0.1, 0.15) is 0 Å². The molecule has 0 bridgehead atoms. The quantitative estimate of drug-likeness (QED) is 0.843. The normalized spacial score (nSPS) is 22.3. The van der Waals surface area contributed by atoms with Crippen molar-refractivity contribution in [1.82, 2.24) is 10.2 Å². The van der Waals surface area contributed by atoms with Crippen molar-refractivity contribution in [2.45, 2.75) is 45.6 Å². The van der Waals surface area contributed by atoms with Crippen LogP contribution in [0.15, 0.2) is 24.3 Å². The van der Waals surface area contributed by atoms with Crippen molar-refractivity contribution < 1.29 is 4.79 Å². The number of piperidine rings is 1. The Balaban J connectivity index is 2.13. The van der Waals surface area contributed by atoms with Gasteiger partial charge >= 0.3 is 0 Å². The molecule has 0 aromatic heterocycles. The first-order valence-electron chi connectivity index (χ1n) is 8.14. The minimum Gasteiger partial charge on any atom is -0.335 e. The SMILES string of the molecule is CNCCCC(=O)N1CCCC(C)C1c1ccc(C)cc1. The Labute approximate surface area is 128 Å². The van der Waals surface area contributed by atoms with Crippen molar-refractivity contribution in [3.63, 3.8) is 0 Å². The van der Waals surface area contributed by atoms with Crippen molar-refractivity contribution in [2.75, 3.05) is 20.1 Å². The molecule has 21 heavy (non-hydrogen) atoms. The Morgan fingerprint density at radius 3 is 2.71 bits per heavy atom. The van der Waals surface area contributed by atoms with Crippen LogP contribution >= 0.6 is 0 Å². The van der Waals surface area contributed by atoms with E-state index in [1.807, 2.05) is 7.05 Å². The molecule has 1 aromatic carbocycles. The number of aryl methyl sites for hydroxylation is 1. The summed E-state index contributed by atoms with van der Waals surface area (Å²) in [5.41, 5.74) is 2.56. The third kappa shape index (κ3) is 4.07. The molecule has 3 heteroatoms. The molecule has 2 atom stereocenters. The first kappa shape index (κ1) is 16.0. The second kappa shape index (κ2) is 7.60. The van der Waals surface area contributed by atoms with Crippen LogP contribution in [-0.4, -0.2) is 30.9 Å². The number of benzene rings is 1. The monoisotopic (exact) mass is 288 g/mol. The fraction of sp³-hybridized carbons (Fsp3) is 0.611. The predicted molar refractivity (Wildman–Crippen MR) is 87.2 cm³/mol. The number of likely N-dealkylation sites (tertiary alicyclic amines) is 1. The summed E-state index contributed by atoms with van der Waals surface area (Å²) in [6, 6.07) is 8.94. The summed E-state index contributed by atoms with van der Waals surface area (Å²) in [5, 5.41) is 3.11. The van der Waals surface area contributed by atoms with Crippen LogP contribution in [-0.2, 0) is 4.79 Å². The van der Waals surface area contributed by atoms with Crippen LogP contribution in [0.3, 0.4) is 0 Å². The number of carbonyl (C=O) groups is 1. The minimum atomic E-state index is 0.251. The molecule has 1 saturated heterocycles. The molecule has 2 rings (SSSR count). The van der Waals surface area contributed by atoms with Crippen molar-refractivity contribution in [2.24, 2.45) is 5.92 Å². The standard InChI is InChI=1S/C18H28N2O/c1-14-8-10-16(11-9-14)18-15(2)6-5-13-20(18)17(21)7-4-12-19-3/h8-11,15,18-19H,4-7,12-13H2,1-3H3. The van der Waals surface area contributed by atoms with Crippen molar-refractivity contribution in [1.29, 1.82) is 0 Å². The van der Waals surface area contributed by atoms with Crippen molar-refractivity contribution in [3.8, 4) is 0 Å². The molecular formula is C18H28N2O. The average Bonchev–Trinajstić information content (AvgIpc) is 2.48. The molecule has 0 radical (unpaired) electrons. The molecule has 1 aromatic rings. The van der Waals surface area contributed by atoms with Gasteiger partial charge in [-0.15, -0.1) is 0 Å². The summed E-state index contributed by atoms with van der Waals surface area (Å²) in [7, 11) is 1.93. The third-order valence-electron chi connectivity index (χ3n) is 4.49. The zero-order valence-electron chi connectivity index (χ0n) is 13.6. The minimum absolute atomic E-state index is 0.251. The number of nitrogens with zero attached hydrogens (tertiary/aromatic N) is 1.